The second kappa shape index (κ2) is 15.5. The fraction of sp³-hybridized carbons (Fsp3) is 0.429. The molecule has 11 nitrogen and oxygen atoms in total. The number of rotatable bonds is 15. The van der Waals surface area contributed by atoms with Crippen LogP contribution < -0.4 is 21.3 Å². The Morgan fingerprint density at radius 2 is 1.46 bits per heavy atom. The van der Waals surface area contributed by atoms with E-state index in [1.807, 2.05) is 18.2 Å². The molecule has 5 N–H and O–H groups in total. The van der Waals surface area contributed by atoms with Gasteiger partial charge in [-0.2, -0.15) is 15.0 Å². The highest BCUT2D eigenvalue weighted by Gasteiger charge is 2.16. The molecule has 2 aromatic carbocycles. The summed E-state index contributed by atoms with van der Waals surface area (Å²) in [4.78, 5) is 25.6. The molecular weight excluding hydrogens is 498 g/mol. The van der Waals surface area contributed by atoms with Crippen LogP contribution in [-0.4, -0.2) is 71.5 Å². The molecule has 0 atom stereocenters. The largest absolute Gasteiger partial charge is 0.508 e. The maximum absolute atomic E-state index is 12.0. The standard InChI is InChI=1S/C28H37N7O4/c36-24-13-11-23(12-14-24)32-28-34-26(33-27(35-28)31-22-9-5-2-6-10-22)30-16-18-39-20-19-38-17-15-29-25(37)21-7-3-1-4-8-21/h1,3-4,7-8,11-14,22,36H,2,5-6,9-10,15-20H2,(H,29,37)(H3,30,31,32,33,34,35). The van der Waals surface area contributed by atoms with Crippen LogP contribution >= 0.6 is 0 Å². The molecular formula is C28H37N7O4. The molecule has 0 unspecified atom stereocenters. The normalized spacial score (nSPS) is 13.5. The molecule has 1 fully saturated rings. The fourth-order valence-electron chi connectivity index (χ4n) is 4.16. The summed E-state index contributed by atoms with van der Waals surface area (Å²) in [5.74, 6) is 1.45. The number of anilines is 4. The number of phenols is 1. The molecule has 1 aromatic heterocycles. The van der Waals surface area contributed by atoms with Crippen LogP contribution in [-0.2, 0) is 9.47 Å². The highest BCUT2D eigenvalue weighted by atomic mass is 16.5. The number of hydrogen-bond donors (Lipinski definition) is 5. The van der Waals surface area contributed by atoms with E-state index in [1.54, 1.807) is 36.4 Å². The number of hydrogen-bond acceptors (Lipinski definition) is 10. The van der Waals surface area contributed by atoms with Gasteiger partial charge in [-0.25, -0.2) is 0 Å². The van der Waals surface area contributed by atoms with E-state index in [0.29, 0.717) is 69.0 Å². The van der Waals surface area contributed by atoms with Gasteiger partial charge >= 0.3 is 0 Å². The number of nitrogens with one attached hydrogen (secondary N) is 4. The van der Waals surface area contributed by atoms with Gasteiger partial charge in [0, 0.05) is 30.4 Å². The Balaban J connectivity index is 1.16. The maximum atomic E-state index is 12.0. The molecule has 1 saturated carbocycles. The van der Waals surface area contributed by atoms with Gasteiger partial charge in [0.05, 0.1) is 26.4 Å². The highest BCUT2D eigenvalue weighted by molar-refractivity contribution is 5.94. The van der Waals surface area contributed by atoms with Gasteiger partial charge in [-0.15, -0.1) is 0 Å². The van der Waals surface area contributed by atoms with Crippen molar-refractivity contribution >= 4 is 29.4 Å². The van der Waals surface area contributed by atoms with Crippen molar-refractivity contribution in [1.82, 2.24) is 20.3 Å². The lowest BCUT2D eigenvalue weighted by molar-refractivity contribution is 0.0519. The molecule has 3 aromatic rings. The first-order valence-electron chi connectivity index (χ1n) is 13.5. The average molecular weight is 536 g/mol. The Kier molecular flexibility index (Phi) is 11.1. The fourth-order valence-corrected chi connectivity index (χ4v) is 4.16. The Morgan fingerprint density at radius 1 is 0.795 bits per heavy atom. The summed E-state index contributed by atoms with van der Waals surface area (Å²) < 4.78 is 11.2. The van der Waals surface area contributed by atoms with Gasteiger partial charge < -0.3 is 35.8 Å². The number of aromatic hydroxyl groups is 1. The van der Waals surface area contributed by atoms with Crippen molar-refractivity contribution < 1.29 is 19.4 Å². The average Bonchev–Trinajstić information content (AvgIpc) is 2.96. The van der Waals surface area contributed by atoms with Crippen molar-refractivity contribution in [3.63, 3.8) is 0 Å². The molecule has 1 amide bonds. The summed E-state index contributed by atoms with van der Waals surface area (Å²) in [6.45, 7) is 2.69. The summed E-state index contributed by atoms with van der Waals surface area (Å²) in [6, 6.07) is 16.2. The summed E-state index contributed by atoms with van der Waals surface area (Å²) in [5.41, 5.74) is 1.39. The number of nitrogens with zero attached hydrogens (tertiary/aromatic N) is 3. The van der Waals surface area contributed by atoms with E-state index in [0.717, 1.165) is 18.5 Å². The number of aromatic nitrogens is 3. The van der Waals surface area contributed by atoms with Gasteiger partial charge in [0.25, 0.3) is 5.91 Å². The molecule has 0 saturated heterocycles. The number of carbonyl (C=O) groups is 1. The third-order valence-corrected chi connectivity index (χ3v) is 6.17. The van der Waals surface area contributed by atoms with E-state index < -0.39 is 0 Å². The number of phenolic OH excluding ortho intramolecular Hbond substituents is 1. The van der Waals surface area contributed by atoms with Crippen molar-refractivity contribution in [2.45, 2.75) is 38.1 Å². The summed E-state index contributed by atoms with van der Waals surface area (Å²) in [7, 11) is 0. The van der Waals surface area contributed by atoms with Gasteiger partial charge in [0.1, 0.15) is 5.75 Å². The van der Waals surface area contributed by atoms with Crippen LogP contribution in [0.5, 0.6) is 5.75 Å². The molecule has 1 aliphatic carbocycles. The molecule has 208 valence electrons. The van der Waals surface area contributed by atoms with Gasteiger partial charge in [-0.3, -0.25) is 4.79 Å². The molecule has 0 spiro atoms. The van der Waals surface area contributed by atoms with Gasteiger partial charge in [-0.05, 0) is 49.2 Å². The number of amides is 1. The second-order valence-corrected chi connectivity index (χ2v) is 9.23. The van der Waals surface area contributed by atoms with E-state index in [-0.39, 0.29) is 11.7 Å². The van der Waals surface area contributed by atoms with Gasteiger partial charge in [0.2, 0.25) is 17.8 Å². The van der Waals surface area contributed by atoms with Crippen molar-refractivity contribution in [1.29, 1.82) is 0 Å². The van der Waals surface area contributed by atoms with Crippen LogP contribution in [0.2, 0.25) is 0 Å². The molecule has 0 bridgehead atoms. The molecule has 1 aliphatic rings. The topological polar surface area (TPSA) is 143 Å². The lowest BCUT2D eigenvalue weighted by Gasteiger charge is -2.23. The van der Waals surface area contributed by atoms with E-state index in [1.165, 1.54) is 19.3 Å². The first-order chi connectivity index (χ1) is 19.2. The maximum Gasteiger partial charge on any atom is 0.251 e. The van der Waals surface area contributed by atoms with E-state index >= 15 is 0 Å². The van der Waals surface area contributed by atoms with Crippen molar-refractivity contribution in [3.8, 4) is 5.75 Å². The summed E-state index contributed by atoms with van der Waals surface area (Å²) >= 11 is 0. The lowest BCUT2D eigenvalue weighted by Crippen LogP contribution is -2.27. The third kappa shape index (κ3) is 10.0. The predicted molar refractivity (Wildman–Crippen MR) is 151 cm³/mol. The van der Waals surface area contributed by atoms with Crippen LogP contribution in [0.25, 0.3) is 0 Å². The first kappa shape index (κ1) is 28.1. The van der Waals surface area contributed by atoms with Crippen molar-refractivity contribution in [2.75, 3.05) is 55.5 Å². The molecule has 0 aliphatic heterocycles. The Hall–Kier alpha value is -3.96. The quantitative estimate of drug-likeness (QED) is 0.143. The number of ether oxygens (including phenoxy) is 2. The second-order valence-electron chi connectivity index (χ2n) is 9.23. The molecule has 4 rings (SSSR count). The zero-order valence-corrected chi connectivity index (χ0v) is 22.1. The number of benzene rings is 2. The van der Waals surface area contributed by atoms with Gasteiger partial charge in [0.15, 0.2) is 0 Å². The third-order valence-electron chi connectivity index (χ3n) is 6.17. The minimum absolute atomic E-state index is 0.113. The smallest absolute Gasteiger partial charge is 0.251 e. The summed E-state index contributed by atoms with van der Waals surface area (Å²) in [5, 5.41) is 22.2. The van der Waals surface area contributed by atoms with E-state index in [4.69, 9.17) is 9.47 Å². The van der Waals surface area contributed by atoms with Crippen molar-refractivity contribution in [3.05, 3.63) is 60.2 Å². The minimum atomic E-state index is -0.113. The summed E-state index contributed by atoms with van der Waals surface area (Å²) in [6.07, 6.45) is 5.88. The molecule has 1 heterocycles. The van der Waals surface area contributed by atoms with Crippen molar-refractivity contribution in [2.24, 2.45) is 0 Å². The van der Waals surface area contributed by atoms with Crippen LogP contribution in [0.4, 0.5) is 23.5 Å². The molecule has 39 heavy (non-hydrogen) atoms. The minimum Gasteiger partial charge on any atom is -0.508 e. The highest BCUT2D eigenvalue weighted by Crippen LogP contribution is 2.22. The molecule has 11 heteroatoms. The van der Waals surface area contributed by atoms with Gasteiger partial charge in [-0.1, -0.05) is 37.5 Å². The van der Waals surface area contributed by atoms with E-state index in [9.17, 15) is 9.90 Å². The monoisotopic (exact) mass is 535 g/mol. The van der Waals surface area contributed by atoms with Crippen LogP contribution in [0.3, 0.4) is 0 Å². The zero-order chi connectivity index (χ0) is 27.1. The van der Waals surface area contributed by atoms with E-state index in [2.05, 4.69) is 36.2 Å². The van der Waals surface area contributed by atoms with Crippen LogP contribution in [0, 0.1) is 0 Å². The molecule has 0 radical (unpaired) electrons. The first-order valence-corrected chi connectivity index (χ1v) is 13.5. The Labute approximate surface area is 228 Å². The van der Waals surface area contributed by atoms with Crippen LogP contribution in [0.1, 0.15) is 42.5 Å². The predicted octanol–water partition coefficient (Wildman–Crippen LogP) is 3.94. The Morgan fingerprint density at radius 3 is 2.21 bits per heavy atom. The number of carbonyl (C=O) groups excluding carboxylic acids is 1. The SMILES string of the molecule is O=C(NCCOCCOCCNc1nc(Nc2ccc(O)cc2)nc(NC2CCCCC2)n1)c1ccccc1. The van der Waals surface area contributed by atoms with Crippen LogP contribution in [0.15, 0.2) is 54.6 Å². The Bertz CT molecular complexity index is 1140. The lowest BCUT2D eigenvalue weighted by atomic mass is 9.96. The zero-order valence-electron chi connectivity index (χ0n) is 22.1.